The highest BCUT2D eigenvalue weighted by Crippen LogP contribution is 2.15. The van der Waals surface area contributed by atoms with E-state index in [0.29, 0.717) is 6.23 Å². The summed E-state index contributed by atoms with van der Waals surface area (Å²) < 4.78 is 0. The zero-order valence-electron chi connectivity index (χ0n) is 4.05. The molecule has 0 bridgehead atoms. The third-order valence-electron chi connectivity index (χ3n) is 1.36. The van der Waals surface area contributed by atoms with E-state index in [4.69, 9.17) is 4.84 Å². The summed E-state index contributed by atoms with van der Waals surface area (Å²) in [6, 6.07) is 0. The number of rotatable bonds is 0. The number of hydroxylamine groups is 2. The molecule has 1 N–H and O–H groups in total. The topological polar surface area (TPSA) is 30.5 Å². The standard InChI is InChI=1S/C4H8N2O/c1-2-6-4(7-6)3-5-1/h4-5H,1-3H2/q+1. The van der Waals surface area contributed by atoms with Gasteiger partial charge in [-0.3, -0.25) is 0 Å². The molecule has 2 rings (SSSR count). The smallest absolute Gasteiger partial charge is 0.303 e. The Morgan fingerprint density at radius 3 is 3.29 bits per heavy atom. The maximum atomic E-state index is 5.05. The minimum atomic E-state index is 0.425. The molecule has 39 valence electrons. The summed E-state index contributed by atoms with van der Waals surface area (Å²) in [7, 11) is 0. The van der Waals surface area contributed by atoms with Crippen molar-refractivity contribution in [3.63, 3.8) is 0 Å². The predicted octanol–water partition coefficient (Wildman–Crippen LogP) is -0.999. The summed E-state index contributed by atoms with van der Waals surface area (Å²) in [6.07, 6.45) is 0.425. The lowest BCUT2D eigenvalue weighted by Gasteiger charge is -1.96. The van der Waals surface area contributed by atoms with E-state index in [9.17, 15) is 0 Å². The van der Waals surface area contributed by atoms with E-state index in [2.05, 4.69) is 5.32 Å². The largest absolute Gasteiger partial charge is 0.340 e. The van der Waals surface area contributed by atoms with Crippen LogP contribution in [0.4, 0.5) is 0 Å². The molecule has 0 amide bonds. The van der Waals surface area contributed by atoms with Crippen molar-refractivity contribution in [1.82, 2.24) is 10.4 Å². The molecular formula is C4H8N2O+. The highest BCUT2D eigenvalue weighted by atomic mass is 16.8. The van der Waals surface area contributed by atoms with E-state index >= 15 is 0 Å². The first-order valence-corrected chi connectivity index (χ1v) is 2.61. The van der Waals surface area contributed by atoms with Crippen LogP contribution in [0.5, 0.6) is 0 Å². The van der Waals surface area contributed by atoms with Crippen LogP contribution in [0.25, 0.3) is 0 Å². The summed E-state index contributed by atoms with van der Waals surface area (Å²) in [4.78, 5) is 5.05. The molecule has 2 heterocycles. The lowest BCUT2D eigenvalue weighted by atomic mass is 10.4. The van der Waals surface area contributed by atoms with Crippen LogP contribution < -0.4 is 10.4 Å². The van der Waals surface area contributed by atoms with Gasteiger partial charge in [0.1, 0.15) is 0 Å². The van der Waals surface area contributed by atoms with Crippen LogP contribution >= 0.6 is 0 Å². The van der Waals surface area contributed by atoms with Crippen molar-refractivity contribution in [3.8, 4) is 0 Å². The zero-order valence-corrected chi connectivity index (χ0v) is 4.05. The van der Waals surface area contributed by atoms with Crippen LogP contribution in [0.3, 0.4) is 0 Å². The average Bonchev–Trinajstić information content (AvgIpc) is 2.41. The Bertz CT molecular complexity index is 75.8. The van der Waals surface area contributed by atoms with Gasteiger partial charge in [0, 0.05) is 5.06 Å². The lowest BCUT2D eigenvalue weighted by molar-refractivity contribution is 0.293. The molecule has 2 aliphatic heterocycles. The Morgan fingerprint density at radius 2 is 2.71 bits per heavy atom. The third-order valence-corrected chi connectivity index (χ3v) is 1.36. The van der Waals surface area contributed by atoms with Crippen molar-refractivity contribution in [2.24, 2.45) is 0 Å². The van der Waals surface area contributed by atoms with Crippen molar-refractivity contribution in [3.05, 3.63) is 0 Å². The molecule has 2 aliphatic rings. The maximum Gasteiger partial charge on any atom is 0.340 e. The van der Waals surface area contributed by atoms with E-state index in [0.717, 1.165) is 19.6 Å². The van der Waals surface area contributed by atoms with E-state index in [1.165, 1.54) is 0 Å². The monoisotopic (exact) mass is 100 g/mol. The Balaban J connectivity index is 1.95. The lowest BCUT2D eigenvalue weighted by Crippen LogP contribution is -2.35. The number of hydrogen-bond acceptors (Lipinski definition) is 3. The Morgan fingerprint density at radius 1 is 1.71 bits per heavy atom. The van der Waals surface area contributed by atoms with Crippen molar-refractivity contribution >= 4 is 0 Å². The highest BCUT2D eigenvalue weighted by Gasteiger charge is 2.53. The minimum Gasteiger partial charge on any atom is -0.303 e. The van der Waals surface area contributed by atoms with Crippen molar-refractivity contribution in [2.45, 2.75) is 6.23 Å². The fourth-order valence-electron chi connectivity index (χ4n) is 0.880. The highest BCUT2D eigenvalue weighted by molar-refractivity contribution is 4.79. The van der Waals surface area contributed by atoms with E-state index < -0.39 is 0 Å². The summed E-state index contributed by atoms with van der Waals surface area (Å²) in [5, 5.41) is 5.21. The number of nitrogens with zero attached hydrogens (tertiary/aromatic N) is 1. The number of piperazine rings is 1. The van der Waals surface area contributed by atoms with Gasteiger partial charge in [0.15, 0.2) is 6.54 Å². The first kappa shape index (κ1) is 3.83. The maximum absolute atomic E-state index is 5.05. The second-order valence-corrected chi connectivity index (χ2v) is 1.90. The zero-order chi connectivity index (χ0) is 4.69. The number of fused-ring (bicyclic) bond motifs is 1. The molecular weight excluding hydrogens is 92.1 g/mol. The van der Waals surface area contributed by atoms with Gasteiger partial charge in [-0.05, 0) is 0 Å². The summed E-state index contributed by atoms with van der Waals surface area (Å²) in [5.41, 5.74) is 0. The molecule has 0 aromatic rings. The average molecular weight is 100 g/mol. The molecule has 3 nitrogen and oxygen atoms in total. The van der Waals surface area contributed by atoms with Crippen molar-refractivity contribution in [2.75, 3.05) is 19.6 Å². The van der Waals surface area contributed by atoms with Gasteiger partial charge in [0.05, 0.1) is 13.1 Å². The van der Waals surface area contributed by atoms with Crippen molar-refractivity contribution < 1.29 is 4.84 Å². The molecule has 1 radical (unpaired) electrons. The molecule has 0 aromatic carbocycles. The van der Waals surface area contributed by atoms with Crippen LogP contribution in [0.2, 0.25) is 0 Å². The van der Waals surface area contributed by atoms with Gasteiger partial charge in [-0.25, -0.2) is 0 Å². The summed E-state index contributed by atoms with van der Waals surface area (Å²) in [5.74, 6) is 0. The molecule has 2 unspecified atom stereocenters. The minimum absolute atomic E-state index is 0.425. The molecule has 0 saturated carbocycles. The van der Waals surface area contributed by atoms with Crippen LogP contribution in [0, 0.1) is 0 Å². The molecule has 7 heavy (non-hydrogen) atoms. The van der Waals surface area contributed by atoms with E-state index in [1.54, 1.807) is 0 Å². The summed E-state index contributed by atoms with van der Waals surface area (Å²) in [6.45, 7) is 3.15. The molecule has 3 heteroatoms. The molecule has 0 aromatic heterocycles. The fourth-order valence-corrected chi connectivity index (χ4v) is 0.880. The summed E-state index contributed by atoms with van der Waals surface area (Å²) >= 11 is 0. The van der Waals surface area contributed by atoms with Gasteiger partial charge < -0.3 is 5.32 Å². The molecule has 0 aliphatic carbocycles. The Labute approximate surface area is 42.2 Å². The predicted molar refractivity (Wildman–Crippen MR) is 24.7 cm³/mol. The van der Waals surface area contributed by atoms with E-state index in [1.807, 2.05) is 5.06 Å². The van der Waals surface area contributed by atoms with E-state index in [-0.39, 0.29) is 0 Å². The van der Waals surface area contributed by atoms with Gasteiger partial charge in [-0.15, -0.1) is 0 Å². The SMILES string of the molecule is C1C[N+]2OC2CN1. The second kappa shape index (κ2) is 1.18. The molecule has 2 atom stereocenters. The van der Waals surface area contributed by atoms with Gasteiger partial charge in [-0.2, -0.15) is 0 Å². The Hall–Kier alpha value is -0.120. The molecule has 2 fully saturated rings. The van der Waals surface area contributed by atoms with Crippen molar-refractivity contribution in [1.29, 1.82) is 0 Å². The molecule has 0 spiro atoms. The van der Waals surface area contributed by atoms with Crippen LogP contribution in [0.15, 0.2) is 0 Å². The van der Waals surface area contributed by atoms with Gasteiger partial charge in [0.25, 0.3) is 0 Å². The number of nitrogens with one attached hydrogen (secondary N) is 1. The second-order valence-electron chi connectivity index (χ2n) is 1.90. The van der Waals surface area contributed by atoms with Crippen LogP contribution in [-0.4, -0.2) is 25.9 Å². The Kier molecular flexibility index (Phi) is 0.647. The molecule has 2 saturated heterocycles. The quantitative estimate of drug-likeness (QED) is 0.312. The van der Waals surface area contributed by atoms with Gasteiger partial charge in [-0.1, -0.05) is 4.84 Å². The van der Waals surface area contributed by atoms with Gasteiger partial charge >= 0.3 is 6.23 Å². The first-order valence-electron chi connectivity index (χ1n) is 2.61. The first-order chi connectivity index (χ1) is 3.47. The van der Waals surface area contributed by atoms with Crippen LogP contribution in [0.1, 0.15) is 0 Å². The normalized spacial score (nSPS) is 48.0. The van der Waals surface area contributed by atoms with Gasteiger partial charge in [0.2, 0.25) is 0 Å². The third kappa shape index (κ3) is 0.534. The fraction of sp³-hybridized carbons (Fsp3) is 1.00. The van der Waals surface area contributed by atoms with Crippen LogP contribution in [-0.2, 0) is 4.84 Å². The number of hydrogen-bond donors (Lipinski definition) is 1.